The fraction of sp³-hybridized carbons (Fsp3) is 0.562. The van der Waals surface area contributed by atoms with Crippen molar-refractivity contribution in [1.82, 2.24) is 0 Å². The van der Waals surface area contributed by atoms with Crippen LogP contribution >= 0.6 is 0 Å². The van der Waals surface area contributed by atoms with Gasteiger partial charge in [-0.05, 0) is 30.5 Å². The second kappa shape index (κ2) is 7.39. The molecular formula is C16H22FNO2. The number of rotatable bonds is 5. The van der Waals surface area contributed by atoms with Crippen molar-refractivity contribution in [3.05, 3.63) is 29.8 Å². The lowest BCUT2D eigenvalue weighted by Gasteiger charge is -2.34. The van der Waals surface area contributed by atoms with Crippen LogP contribution in [0.4, 0.5) is 10.1 Å². The molecule has 0 heterocycles. The van der Waals surface area contributed by atoms with E-state index < -0.39 is 6.67 Å². The topological polar surface area (TPSA) is 29.5 Å². The van der Waals surface area contributed by atoms with Gasteiger partial charge in [-0.1, -0.05) is 31.4 Å². The number of hydrogen-bond acceptors (Lipinski definition) is 2. The highest BCUT2D eigenvalue weighted by atomic mass is 19.1. The molecule has 110 valence electrons. The lowest BCUT2D eigenvalue weighted by atomic mass is 9.93. The fourth-order valence-corrected chi connectivity index (χ4v) is 2.84. The van der Waals surface area contributed by atoms with Crippen LogP contribution in [-0.2, 0) is 16.2 Å². The largest absolute Gasteiger partial charge is 0.375 e. The number of halogens is 1. The molecule has 0 atom stereocenters. The molecule has 0 saturated heterocycles. The highest BCUT2D eigenvalue weighted by molar-refractivity contribution is 5.94. The SMILES string of the molecule is COCC(=O)N(c1ccc(CF)cc1)C1CCCCC1. The molecule has 1 amide bonds. The number of benzene rings is 1. The Morgan fingerprint density at radius 3 is 2.45 bits per heavy atom. The molecule has 1 aromatic carbocycles. The summed E-state index contributed by atoms with van der Waals surface area (Å²) in [7, 11) is 1.53. The van der Waals surface area contributed by atoms with Gasteiger partial charge in [-0.15, -0.1) is 0 Å². The number of methoxy groups -OCH3 is 1. The Hall–Kier alpha value is -1.42. The molecule has 1 fully saturated rings. The summed E-state index contributed by atoms with van der Waals surface area (Å²) in [5, 5.41) is 0. The van der Waals surface area contributed by atoms with Gasteiger partial charge in [0.05, 0.1) is 0 Å². The van der Waals surface area contributed by atoms with Crippen molar-refractivity contribution < 1.29 is 13.9 Å². The van der Waals surface area contributed by atoms with Gasteiger partial charge in [0.2, 0.25) is 0 Å². The van der Waals surface area contributed by atoms with E-state index in [9.17, 15) is 9.18 Å². The van der Waals surface area contributed by atoms with Crippen LogP contribution in [-0.4, -0.2) is 25.7 Å². The van der Waals surface area contributed by atoms with Crippen LogP contribution in [0.25, 0.3) is 0 Å². The van der Waals surface area contributed by atoms with Gasteiger partial charge < -0.3 is 9.64 Å². The first-order valence-corrected chi connectivity index (χ1v) is 7.22. The van der Waals surface area contributed by atoms with Crippen LogP contribution in [0.5, 0.6) is 0 Å². The van der Waals surface area contributed by atoms with E-state index in [-0.39, 0.29) is 18.6 Å². The molecule has 3 nitrogen and oxygen atoms in total. The molecule has 0 N–H and O–H groups in total. The predicted molar refractivity (Wildman–Crippen MR) is 77.5 cm³/mol. The van der Waals surface area contributed by atoms with Crippen molar-refractivity contribution in [3.8, 4) is 0 Å². The van der Waals surface area contributed by atoms with Gasteiger partial charge in [0, 0.05) is 18.8 Å². The summed E-state index contributed by atoms with van der Waals surface area (Å²) in [4.78, 5) is 14.2. The van der Waals surface area contributed by atoms with E-state index in [1.54, 1.807) is 12.1 Å². The van der Waals surface area contributed by atoms with E-state index in [2.05, 4.69) is 0 Å². The molecule has 1 aliphatic carbocycles. The molecule has 20 heavy (non-hydrogen) atoms. The highest BCUT2D eigenvalue weighted by Crippen LogP contribution is 2.28. The van der Waals surface area contributed by atoms with E-state index in [1.165, 1.54) is 13.5 Å². The lowest BCUT2D eigenvalue weighted by molar-refractivity contribution is -0.122. The molecule has 0 spiro atoms. The Balaban J connectivity index is 2.21. The number of anilines is 1. The number of amides is 1. The van der Waals surface area contributed by atoms with Crippen molar-refractivity contribution >= 4 is 11.6 Å². The molecule has 0 bridgehead atoms. The van der Waals surface area contributed by atoms with E-state index in [4.69, 9.17) is 4.74 Å². The standard InChI is InChI=1S/C16H22FNO2/c1-20-12-16(19)18(14-5-3-2-4-6-14)15-9-7-13(11-17)8-10-15/h7-10,14H,2-6,11-12H2,1H3. The summed E-state index contributed by atoms with van der Waals surface area (Å²) in [6, 6.07) is 7.38. The maximum atomic E-state index is 12.6. The van der Waals surface area contributed by atoms with Gasteiger partial charge in [-0.2, -0.15) is 0 Å². The van der Waals surface area contributed by atoms with Crippen molar-refractivity contribution in [1.29, 1.82) is 0 Å². The Bertz CT molecular complexity index is 427. The molecule has 2 rings (SSSR count). The first kappa shape index (κ1) is 15.0. The van der Waals surface area contributed by atoms with Crippen LogP contribution in [0.2, 0.25) is 0 Å². The van der Waals surface area contributed by atoms with Gasteiger partial charge in [0.1, 0.15) is 13.3 Å². The van der Waals surface area contributed by atoms with E-state index in [1.807, 2.05) is 17.0 Å². The number of carbonyl (C=O) groups excluding carboxylic acids is 1. The zero-order valence-corrected chi connectivity index (χ0v) is 12.0. The van der Waals surface area contributed by atoms with Gasteiger partial charge >= 0.3 is 0 Å². The maximum absolute atomic E-state index is 12.6. The van der Waals surface area contributed by atoms with E-state index >= 15 is 0 Å². The summed E-state index contributed by atoms with van der Waals surface area (Å²) in [5.74, 6) is -0.0209. The first-order valence-electron chi connectivity index (χ1n) is 7.22. The van der Waals surface area contributed by atoms with Crippen molar-refractivity contribution in [3.63, 3.8) is 0 Å². The maximum Gasteiger partial charge on any atom is 0.253 e. The lowest BCUT2D eigenvalue weighted by Crippen LogP contribution is -2.43. The monoisotopic (exact) mass is 279 g/mol. The number of nitrogens with zero attached hydrogens (tertiary/aromatic N) is 1. The zero-order chi connectivity index (χ0) is 14.4. The molecule has 0 unspecified atom stereocenters. The molecule has 1 aromatic rings. The van der Waals surface area contributed by atoms with Crippen LogP contribution in [0.3, 0.4) is 0 Å². The minimum absolute atomic E-state index is 0.0209. The predicted octanol–water partition coefficient (Wildman–Crippen LogP) is 3.47. The number of carbonyl (C=O) groups is 1. The Morgan fingerprint density at radius 1 is 1.25 bits per heavy atom. The molecular weight excluding hydrogens is 257 g/mol. The van der Waals surface area contributed by atoms with E-state index in [0.717, 1.165) is 31.4 Å². The normalized spacial score (nSPS) is 16.1. The highest BCUT2D eigenvalue weighted by Gasteiger charge is 2.26. The summed E-state index contributed by atoms with van der Waals surface area (Å²) in [6.07, 6.45) is 5.61. The van der Waals surface area contributed by atoms with Gasteiger partial charge in [-0.25, -0.2) is 4.39 Å². The fourth-order valence-electron chi connectivity index (χ4n) is 2.84. The third kappa shape index (κ3) is 3.57. The van der Waals surface area contributed by atoms with Crippen molar-refractivity contribution in [2.45, 2.75) is 44.8 Å². The van der Waals surface area contributed by atoms with Gasteiger partial charge in [0.25, 0.3) is 5.91 Å². The van der Waals surface area contributed by atoms with Crippen molar-refractivity contribution in [2.24, 2.45) is 0 Å². The molecule has 0 aliphatic heterocycles. The third-order valence-electron chi connectivity index (χ3n) is 3.85. The molecule has 1 saturated carbocycles. The Labute approximate surface area is 119 Å². The van der Waals surface area contributed by atoms with Crippen LogP contribution in [0.15, 0.2) is 24.3 Å². The average Bonchev–Trinajstić information content (AvgIpc) is 2.50. The Morgan fingerprint density at radius 2 is 1.90 bits per heavy atom. The number of alkyl halides is 1. The van der Waals surface area contributed by atoms with Gasteiger partial charge in [-0.3, -0.25) is 4.79 Å². The zero-order valence-electron chi connectivity index (χ0n) is 12.0. The molecule has 4 heteroatoms. The molecule has 0 radical (unpaired) electrons. The van der Waals surface area contributed by atoms with Crippen molar-refractivity contribution in [2.75, 3.05) is 18.6 Å². The summed E-state index contributed by atoms with van der Waals surface area (Å²) >= 11 is 0. The average molecular weight is 279 g/mol. The third-order valence-corrected chi connectivity index (χ3v) is 3.85. The van der Waals surface area contributed by atoms with Crippen LogP contribution in [0, 0.1) is 0 Å². The van der Waals surface area contributed by atoms with E-state index in [0.29, 0.717) is 5.56 Å². The van der Waals surface area contributed by atoms with Crippen LogP contribution in [0.1, 0.15) is 37.7 Å². The summed E-state index contributed by atoms with van der Waals surface area (Å²) in [6.45, 7) is -0.392. The second-order valence-corrected chi connectivity index (χ2v) is 5.29. The minimum atomic E-state index is -0.476. The number of ether oxygens (including phenoxy) is 1. The smallest absolute Gasteiger partial charge is 0.253 e. The molecule has 1 aliphatic rings. The van der Waals surface area contributed by atoms with Gasteiger partial charge in [0.15, 0.2) is 0 Å². The number of hydrogen-bond donors (Lipinski definition) is 0. The summed E-state index contributed by atoms with van der Waals surface area (Å²) in [5.41, 5.74) is 1.48. The van der Waals surface area contributed by atoms with Crippen LogP contribution < -0.4 is 4.90 Å². The Kier molecular flexibility index (Phi) is 5.53. The quantitative estimate of drug-likeness (QED) is 0.826. The molecule has 0 aromatic heterocycles. The minimum Gasteiger partial charge on any atom is -0.375 e. The second-order valence-electron chi connectivity index (χ2n) is 5.29. The summed E-state index contributed by atoms with van der Waals surface area (Å²) < 4.78 is 17.6. The first-order chi connectivity index (χ1) is 9.76.